The number of aromatic hydroxyl groups is 1. The summed E-state index contributed by atoms with van der Waals surface area (Å²) in [5.41, 5.74) is 2.18. The van der Waals surface area contributed by atoms with Gasteiger partial charge in [-0.15, -0.1) is 0 Å². The molecule has 0 fully saturated rings. The highest BCUT2D eigenvalue weighted by Crippen LogP contribution is 2.37. The van der Waals surface area contributed by atoms with Gasteiger partial charge in [0.25, 0.3) is 5.56 Å². The van der Waals surface area contributed by atoms with Crippen LogP contribution in [0.15, 0.2) is 82.1 Å². The van der Waals surface area contributed by atoms with Gasteiger partial charge in [0.15, 0.2) is 0 Å². The predicted molar refractivity (Wildman–Crippen MR) is 128 cm³/mol. The SMILES string of the molecule is N#Cc1c(-c2cccc(OCc3ccccc3)c2)cc(-c2cc(Cl)c(Br)cc2O)[nH]c1=O. The standard InChI is InChI=1S/C25H16BrClN2O3/c26-21-12-24(30)19(10-22(21)27)23-11-18(20(13-28)25(31)29-23)16-7-4-8-17(9-16)32-14-15-5-2-1-3-6-15/h1-12,30H,14H2,(H,29,31). The average molecular weight is 508 g/mol. The molecular weight excluding hydrogens is 492 g/mol. The molecule has 0 radical (unpaired) electrons. The van der Waals surface area contributed by atoms with E-state index < -0.39 is 5.56 Å². The lowest BCUT2D eigenvalue weighted by Gasteiger charge is -2.12. The fourth-order valence-electron chi connectivity index (χ4n) is 3.29. The van der Waals surface area contributed by atoms with Crippen molar-refractivity contribution < 1.29 is 9.84 Å². The zero-order valence-corrected chi connectivity index (χ0v) is 18.9. The molecular formula is C25H16BrClN2O3. The summed E-state index contributed by atoms with van der Waals surface area (Å²) in [6.45, 7) is 0.390. The van der Waals surface area contributed by atoms with E-state index in [1.54, 1.807) is 30.3 Å². The van der Waals surface area contributed by atoms with Crippen molar-refractivity contribution in [3.05, 3.63) is 104 Å². The van der Waals surface area contributed by atoms with E-state index in [9.17, 15) is 15.2 Å². The molecule has 1 heterocycles. The normalized spacial score (nSPS) is 10.5. The molecule has 32 heavy (non-hydrogen) atoms. The van der Waals surface area contributed by atoms with Gasteiger partial charge in [-0.25, -0.2) is 0 Å². The molecule has 0 saturated heterocycles. The lowest BCUT2D eigenvalue weighted by molar-refractivity contribution is 0.306. The highest BCUT2D eigenvalue weighted by molar-refractivity contribution is 9.10. The van der Waals surface area contributed by atoms with E-state index in [1.807, 2.05) is 42.5 Å². The number of nitriles is 1. The van der Waals surface area contributed by atoms with E-state index in [0.29, 0.717) is 44.2 Å². The van der Waals surface area contributed by atoms with E-state index in [2.05, 4.69) is 20.9 Å². The molecule has 0 saturated carbocycles. The molecule has 0 amide bonds. The minimum Gasteiger partial charge on any atom is -0.507 e. The molecule has 0 aliphatic rings. The first-order valence-corrected chi connectivity index (χ1v) is 10.8. The maximum atomic E-state index is 12.7. The van der Waals surface area contributed by atoms with Crippen LogP contribution in [0.2, 0.25) is 5.02 Å². The van der Waals surface area contributed by atoms with E-state index in [1.165, 1.54) is 6.07 Å². The maximum Gasteiger partial charge on any atom is 0.266 e. The van der Waals surface area contributed by atoms with Crippen molar-refractivity contribution in [2.24, 2.45) is 0 Å². The Hall–Kier alpha value is -3.53. The number of nitrogens with one attached hydrogen (secondary N) is 1. The summed E-state index contributed by atoms with van der Waals surface area (Å²) in [4.78, 5) is 15.3. The summed E-state index contributed by atoms with van der Waals surface area (Å²) in [5.74, 6) is 0.541. The van der Waals surface area contributed by atoms with Crippen molar-refractivity contribution in [1.82, 2.24) is 4.98 Å². The van der Waals surface area contributed by atoms with Crippen LogP contribution in [0.25, 0.3) is 22.4 Å². The topological polar surface area (TPSA) is 86.1 Å². The van der Waals surface area contributed by atoms with Gasteiger partial charge in [-0.1, -0.05) is 54.1 Å². The Morgan fingerprint density at radius 3 is 2.56 bits per heavy atom. The summed E-state index contributed by atoms with van der Waals surface area (Å²) in [6, 6.07) is 23.6. The van der Waals surface area contributed by atoms with Gasteiger partial charge in [0, 0.05) is 15.6 Å². The molecule has 0 atom stereocenters. The Morgan fingerprint density at radius 1 is 1.03 bits per heavy atom. The minimum absolute atomic E-state index is 0.0309. The summed E-state index contributed by atoms with van der Waals surface area (Å²) < 4.78 is 6.42. The van der Waals surface area contributed by atoms with Crippen LogP contribution in [0.1, 0.15) is 11.1 Å². The van der Waals surface area contributed by atoms with E-state index >= 15 is 0 Å². The smallest absolute Gasteiger partial charge is 0.266 e. The van der Waals surface area contributed by atoms with Crippen LogP contribution in [0, 0.1) is 11.3 Å². The molecule has 1 aromatic heterocycles. The Labute approximate surface area is 197 Å². The van der Waals surface area contributed by atoms with Gasteiger partial charge < -0.3 is 14.8 Å². The number of phenolic OH excluding ortho intramolecular Hbond substituents is 1. The Balaban J connectivity index is 1.76. The van der Waals surface area contributed by atoms with Crippen molar-refractivity contribution in [3.8, 4) is 40.0 Å². The summed E-state index contributed by atoms with van der Waals surface area (Å²) in [5, 5.41) is 20.4. The second-order valence-electron chi connectivity index (χ2n) is 7.00. The largest absolute Gasteiger partial charge is 0.507 e. The zero-order chi connectivity index (χ0) is 22.7. The van der Waals surface area contributed by atoms with Crippen molar-refractivity contribution >= 4 is 27.5 Å². The molecule has 0 bridgehead atoms. The lowest BCUT2D eigenvalue weighted by Crippen LogP contribution is -2.12. The molecule has 0 unspecified atom stereocenters. The zero-order valence-electron chi connectivity index (χ0n) is 16.6. The van der Waals surface area contributed by atoms with Crippen LogP contribution in [0.3, 0.4) is 0 Å². The maximum absolute atomic E-state index is 12.7. The Kier molecular flexibility index (Phi) is 6.31. The second-order valence-corrected chi connectivity index (χ2v) is 8.26. The summed E-state index contributed by atoms with van der Waals surface area (Å²) >= 11 is 9.44. The predicted octanol–water partition coefficient (Wildman–Crippen LogP) is 6.28. The number of benzene rings is 3. The number of aromatic nitrogens is 1. The number of phenols is 1. The Bertz CT molecular complexity index is 1390. The molecule has 5 nitrogen and oxygen atoms in total. The van der Waals surface area contributed by atoms with Crippen LogP contribution in [-0.4, -0.2) is 10.1 Å². The van der Waals surface area contributed by atoms with Crippen molar-refractivity contribution in [1.29, 1.82) is 5.26 Å². The second kappa shape index (κ2) is 9.31. The van der Waals surface area contributed by atoms with Gasteiger partial charge in [0.1, 0.15) is 29.7 Å². The highest BCUT2D eigenvalue weighted by Gasteiger charge is 2.16. The molecule has 0 spiro atoms. The van der Waals surface area contributed by atoms with Crippen LogP contribution in [0.4, 0.5) is 0 Å². The number of pyridine rings is 1. The molecule has 2 N–H and O–H groups in total. The molecule has 158 valence electrons. The van der Waals surface area contributed by atoms with Crippen LogP contribution < -0.4 is 10.3 Å². The summed E-state index contributed by atoms with van der Waals surface area (Å²) in [7, 11) is 0. The first kappa shape index (κ1) is 21.7. The van der Waals surface area contributed by atoms with Gasteiger partial charge in [-0.05, 0) is 57.4 Å². The average Bonchev–Trinajstić information content (AvgIpc) is 2.80. The molecule has 4 aromatic rings. The van der Waals surface area contributed by atoms with Gasteiger partial charge in [-0.3, -0.25) is 4.79 Å². The molecule has 4 rings (SSSR count). The number of aromatic amines is 1. The number of H-pyrrole nitrogens is 1. The third kappa shape index (κ3) is 4.54. The third-order valence-electron chi connectivity index (χ3n) is 4.87. The van der Waals surface area contributed by atoms with Gasteiger partial charge in [-0.2, -0.15) is 5.26 Å². The number of hydrogen-bond donors (Lipinski definition) is 2. The quantitative estimate of drug-likeness (QED) is 0.333. The van der Waals surface area contributed by atoms with Gasteiger partial charge in [0.2, 0.25) is 0 Å². The molecule has 0 aliphatic heterocycles. The lowest BCUT2D eigenvalue weighted by atomic mass is 9.98. The van der Waals surface area contributed by atoms with Crippen molar-refractivity contribution in [2.45, 2.75) is 6.61 Å². The van der Waals surface area contributed by atoms with Crippen LogP contribution >= 0.6 is 27.5 Å². The van der Waals surface area contributed by atoms with Crippen LogP contribution in [-0.2, 0) is 6.61 Å². The summed E-state index contributed by atoms with van der Waals surface area (Å²) in [6.07, 6.45) is 0. The molecule has 7 heteroatoms. The monoisotopic (exact) mass is 506 g/mol. The fraction of sp³-hybridized carbons (Fsp3) is 0.0400. The number of ether oxygens (including phenoxy) is 1. The number of rotatable bonds is 5. The first-order valence-electron chi connectivity index (χ1n) is 9.59. The van der Waals surface area contributed by atoms with E-state index in [0.717, 1.165) is 5.56 Å². The molecule has 3 aromatic carbocycles. The van der Waals surface area contributed by atoms with Gasteiger partial charge >= 0.3 is 0 Å². The van der Waals surface area contributed by atoms with Crippen molar-refractivity contribution in [2.75, 3.05) is 0 Å². The van der Waals surface area contributed by atoms with E-state index in [4.69, 9.17) is 16.3 Å². The fourth-order valence-corrected chi connectivity index (χ4v) is 3.78. The van der Waals surface area contributed by atoms with E-state index in [-0.39, 0.29) is 11.3 Å². The molecule has 0 aliphatic carbocycles. The van der Waals surface area contributed by atoms with Crippen LogP contribution in [0.5, 0.6) is 11.5 Å². The van der Waals surface area contributed by atoms with Gasteiger partial charge in [0.05, 0.1) is 10.7 Å². The minimum atomic E-state index is -0.561. The number of nitrogens with zero attached hydrogens (tertiary/aromatic N) is 1. The highest BCUT2D eigenvalue weighted by atomic mass is 79.9. The Morgan fingerprint density at radius 2 is 1.81 bits per heavy atom. The number of hydrogen-bond acceptors (Lipinski definition) is 4. The number of halogens is 2. The van der Waals surface area contributed by atoms with Crippen molar-refractivity contribution in [3.63, 3.8) is 0 Å². The first-order chi connectivity index (χ1) is 15.5. The third-order valence-corrected chi connectivity index (χ3v) is 6.06.